The highest BCUT2D eigenvalue weighted by molar-refractivity contribution is 7.13. The van der Waals surface area contributed by atoms with E-state index >= 15 is 0 Å². The van der Waals surface area contributed by atoms with Crippen molar-refractivity contribution in [3.8, 4) is 0 Å². The summed E-state index contributed by atoms with van der Waals surface area (Å²) in [6.45, 7) is 0.0693. The number of rotatable bonds is 5. The Morgan fingerprint density at radius 1 is 1.68 bits per heavy atom. The Labute approximate surface area is 112 Å². The molecule has 0 aliphatic rings. The first-order chi connectivity index (χ1) is 9.08. The van der Waals surface area contributed by atoms with Gasteiger partial charge in [0.05, 0.1) is 0 Å². The lowest BCUT2D eigenvalue weighted by molar-refractivity contribution is -0.129. The number of aliphatic carboxylic acids is 1. The lowest BCUT2D eigenvalue weighted by atomic mass is 10.3. The molecule has 9 heteroatoms. The molecule has 0 atom stereocenters. The number of anilines is 1. The van der Waals surface area contributed by atoms with E-state index in [1.165, 1.54) is 5.38 Å². The molecule has 2 heterocycles. The van der Waals surface area contributed by atoms with Crippen LogP contribution in [0.25, 0.3) is 0 Å². The number of nitrogens with two attached hydrogens (primary N) is 1. The lowest BCUT2D eigenvalue weighted by Crippen LogP contribution is -2.16. The van der Waals surface area contributed by atoms with Gasteiger partial charge in [0.2, 0.25) is 5.71 Å². The van der Waals surface area contributed by atoms with Gasteiger partial charge in [0.1, 0.15) is 11.5 Å². The van der Waals surface area contributed by atoms with Gasteiger partial charge in [-0.15, -0.1) is 11.3 Å². The van der Waals surface area contributed by atoms with Crippen molar-refractivity contribution in [2.45, 2.75) is 6.61 Å². The van der Waals surface area contributed by atoms with Gasteiger partial charge in [-0.05, 0) is 0 Å². The standard InChI is InChI=1S/C10H11N5O3S/c1-15-3-2-12-7(15)4-18-14-8(9(16)17)6-5-19-10(11)13-6/h2-3,5H,4H2,1H3,(H2,11,13)(H,16,17)/b14-8+. The van der Waals surface area contributed by atoms with Crippen molar-refractivity contribution in [2.75, 3.05) is 5.73 Å². The van der Waals surface area contributed by atoms with Gasteiger partial charge in [-0.3, -0.25) is 0 Å². The van der Waals surface area contributed by atoms with Crippen LogP contribution in [0.15, 0.2) is 22.9 Å². The largest absolute Gasteiger partial charge is 0.476 e. The lowest BCUT2D eigenvalue weighted by Gasteiger charge is -2.01. The van der Waals surface area contributed by atoms with E-state index in [0.29, 0.717) is 5.82 Å². The average Bonchev–Trinajstić information content (AvgIpc) is 2.94. The summed E-state index contributed by atoms with van der Waals surface area (Å²) >= 11 is 1.13. The molecule has 8 nitrogen and oxygen atoms in total. The van der Waals surface area contributed by atoms with Crippen molar-refractivity contribution in [1.82, 2.24) is 14.5 Å². The topological polar surface area (TPSA) is 116 Å². The first-order valence-corrected chi connectivity index (χ1v) is 6.06. The van der Waals surface area contributed by atoms with Gasteiger partial charge in [0.25, 0.3) is 0 Å². The summed E-state index contributed by atoms with van der Waals surface area (Å²) in [6.07, 6.45) is 3.36. The molecule has 0 bridgehead atoms. The zero-order valence-corrected chi connectivity index (χ0v) is 10.8. The molecule has 0 saturated carbocycles. The second-order valence-corrected chi connectivity index (χ2v) is 4.43. The minimum Gasteiger partial charge on any atom is -0.476 e. The van der Waals surface area contributed by atoms with E-state index in [1.54, 1.807) is 24.0 Å². The van der Waals surface area contributed by atoms with Crippen molar-refractivity contribution >= 4 is 28.1 Å². The fourth-order valence-electron chi connectivity index (χ4n) is 1.28. The molecule has 0 saturated heterocycles. The number of aryl methyl sites for hydroxylation is 1. The number of carbonyl (C=O) groups is 1. The van der Waals surface area contributed by atoms with Crippen LogP contribution in [0.4, 0.5) is 5.13 Å². The SMILES string of the molecule is Cn1ccnc1CO/N=C(/C(=O)O)c1csc(N)n1. The number of carboxylic acids is 1. The summed E-state index contributed by atoms with van der Waals surface area (Å²) < 4.78 is 1.75. The quantitative estimate of drug-likeness (QED) is 0.607. The van der Waals surface area contributed by atoms with Gasteiger partial charge in [-0.25, -0.2) is 14.8 Å². The van der Waals surface area contributed by atoms with Crippen molar-refractivity contribution in [3.05, 3.63) is 29.3 Å². The van der Waals surface area contributed by atoms with Crippen molar-refractivity contribution in [2.24, 2.45) is 12.2 Å². The number of thiazole rings is 1. The second-order valence-electron chi connectivity index (χ2n) is 3.54. The monoisotopic (exact) mass is 281 g/mol. The maximum Gasteiger partial charge on any atom is 0.360 e. The van der Waals surface area contributed by atoms with Crippen LogP contribution in [-0.4, -0.2) is 31.3 Å². The van der Waals surface area contributed by atoms with E-state index in [-0.39, 0.29) is 23.1 Å². The number of hydrogen-bond donors (Lipinski definition) is 2. The number of imidazole rings is 1. The predicted molar refractivity (Wildman–Crippen MR) is 68.7 cm³/mol. The molecule has 100 valence electrons. The third kappa shape index (κ3) is 3.07. The van der Waals surface area contributed by atoms with Crippen LogP contribution >= 0.6 is 11.3 Å². The van der Waals surface area contributed by atoms with Gasteiger partial charge in [0.15, 0.2) is 11.7 Å². The van der Waals surface area contributed by atoms with Gasteiger partial charge in [-0.1, -0.05) is 5.16 Å². The normalized spacial score (nSPS) is 11.5. The minimum absolute atomic E-state index is 0.0693. The Bertz CT molecular complexity index is 618. The number of nitrogens with zero attached hydrogens (tertiary/aromatic N) is 4. The molecule has 0 spiro atoms. The Kier molecular flexibility index (Phi) is 3.76. The maximum atomic E-state index is 11.1. The molecule has 3 N–H and O–H groups in total. The fraction of sp³-hybridized carbons (Fsp3) is 0.200. The Morgan fingerprint density at radius 2 is 2.47 bits per heavy atom. The third-order valence-electron chi connectivity index (χ3n) is 2.24. The van der Waals surface area contributed by atoms with Gasteiger partial charge >= 0.3 is 5.97 Å². The molecule has 2 rings (SSSR count). The highest BCUT2D eigenvalue weighted by atomic mass is 32.1. The average molecular weight is 281 g/mol. The molecule has 0 aromatic carbocycles. The fourth-order valence-corrected chi connectivity index (χ4v) is 1.83. The molecule has 19 heavy (non-hydrogen) atoms. The molecule has 0 aliphatic heterocycles. The molecule has 2 aromatic rings. The highest BCUT2D eigenvalue weighted by Crippen LogP contribution is 2.12. The molecule has 2 aromatic heterocycles. The van der Waals surface area contributed by atoms with E-state index in [0.717, 1.165) is 11.3 Å². The molecule has 0 unspecified atom stereocenters. The molecular formula is C10H11N5O3S. The maximum absolute atomic E-state index is 11.1. The van der Waals surface area contributed by atoms with Gasteiger partial charge in [0, 0.05) is 24.8 Å². The number of oxime groups is 1. The van der Waals surface area contributed by atoms with E-state index < -0.39 is 5.97 Å². The molecule has 0 radical (unpaired) electrons. The van der Waals surface area contributed by atoms with Crippen LogP contribution in [0.2, 0.25) is 0 Å². The summed E-state index contributed by atoms with van der Waals surface area (Å²) in [5, 5.41) is 14.4. The van der Waals surface area contributed by atoms with E-state index in [2.05, 4.69) is 15.1 Å². The Morgan fingerprint density at radius 3 is 3.00 bits per heavy atom. The molecule has 0 aliphatic carbocycles. The summed E-state index contributed by atoms with van der Waals surface area (Å²) in [4.78, 5) is 23.9. The van der Waals surface area contributed by atoms with Crippen LogP contribution in [-0.2, 0) is 23.3 Å². The second kappa shape index (κ2) is 5.48. The van der Waals surface area contributed by atoms with Gasteiger partial charge < -0.3 is 20.2 Å². The number of aromatic nitrogens is 3. The van der Waals surface area contributed by atoms with E-state index in [1.807, 2.05) is 0 Å². The van der Waals surface area contributed by atoms with Crippen LogP contribution in [0.5, 0.6) is 0 Å². The highest BCUT2D eigenvalue weighted by Gasteiger charge is 2.17. The van der Waals surface area contributed by atoms with Crippen molar-refractivity contribution in [3.63, 3.8) is 0 Å². The first-order valence-electron chi connectivity index (χ1n) is 5.18. The van der Waals surface area contributed by atoms with Crippen molar-refractivity contribution in [1.29, 1.82) is 0 Å². The smallest absolute Gasteiger partial charge is 0.360 e. The number of carboxylic acid groups (broad SMARTS) is 1. The van der Waals surface area contributed by atoms with Crippen LogP contribution < -0.4 is 5.73 Å². The third-order valence-corrected chi connectivity index (χ3v) is 2.91. The Balaban J connectivity index is 2.10. The number of nitrogen functional groups attached to an aromatic ring is 1. The van der Waals surface area contributed by atoms with Crippen LogP contribution in [0.3, 0.4) is 0 Å². The van der Waals surface area contributed by atoms with Gasteiger partial charge in [-0.2, -0.15) is 0 Å². The molecular weight excluding hydrogens is 270 g/mol. The zero-order chi connectivity index (χ0) is 13.8. The van der Waals surface area contributed by atoms with Crippen LogP contribution in [0, 0.1) is 0 Å². The minimum atomic E-state index is -1.23. The zero-order valence-electron chi connectivity index (χ0n) is 9.98. The first kappa shape index (κ1) is 13.0. The summed E-state index contributed by atoms with van der Waals surface area (Å²) in [7, 11) is 1.80. The molecule has 0 amide bonds. The summed E-state index contributed by atoms with van der Waals surface area (Å²) in [5.74, 6) is -0.601. The summed E-state index contributed by atoms with van der Waals surface area (Å²) in [5.41, 5.74) is 5.33. The van der Waals surface area contributed by atoms with Crippen LogP contribution in [0.1, 0.15) is 11.5 Å². The predicted octanol–water partition coefficient (Wildman–Crippen LogP) is 0.464. The summed E-state index contributed by atoms with van der Waals surface area (Å²) in [6, 6.07) is 0. The van der Waals surface area contributed by atoms with E-state index in [9.17, 15) is 4.79 Å². The Hall–Kier alpha value is -2.42. The van der Waals surface area contributed by atoms with E-state index in [4.69, 9.17) is 15.7 Å². The number of hydrogen-bond acceptors (Lipinski definition) is 7. The molecule has 0 fully saturated rings. The van der Waals surface area contributed by atoms with Crippen molar-refractivity contribution < 1.29 is 14.7 Å².